The van der Waals surface area contributed by atoms with Crippen molar-refractivity contribution in [3.8, 4) is 17.2 Å². The van der Waals surface area contributed by atoms with Gasteiger partial charge in [-0.25, -0.2) is 0 Å². The summed E-state index contributed by atoms with van der Waals surface area (Å²) in [5, 5.41) is 2.94. The van der Waals surface area contributed by atoms with E-state index in [4.69, 9.17) is 14.2 Å². The number of methoxy groups -OCH3 is 1. The number of carbonyl (C=O) groups excluding carboxylic acids is 1. The lowest BCUT2D eigenvalue weighted by molar-refractivity contribution is -0.117. The van der Waals surface area contributed by atoms with E-state index < -0.39 is 0 Å². The van der Waals surface area contributed by atoms with Crippen molar-refractivity contribution in [2.45, 2.75) is 13.0 Å². The molecule has 2 aromatic carbocycles. The van der Waals surface area contributed by atoms with Gasteiger partial charge in [-0.3, -0.25) is 4.79 Å². The molecule has 0 radical (unpaired) electrons. The number of carbonyl (C=O) groups is 1. The first kappa shape index (κ1) is 16.9. The molecule has 2 aromatic rings. The zero-order valence-corrected chi connectivity index (χ0v) is 14.3. The van der Waals surface area contributed by atoms with Crippen LogP contribution in [0.25, 0.3) is 6.08 Å². The summed E-state index contributed by atoms with van der Waals surface area (Å²) >= 11 is 0. The molecule has 1 unspecified atom stereocenters. The van der Waals surface area contributed by atoms with E-state index in [1.54, 1.807) is 13.2 Å². The summed E-state index contributed by atoms with van der Waals surface area (Å²) in [5.41, 5.74) is 1.82. The van der Waals surface area contributed by atoms with E-state index in [1.165, 1.54) is 6.08 Å². The smallest absolute Gasteiger partial charge is 0.244 e. The molecular weight excluding hydrogens is 318 g/mol. The Kier molecular flexibility index (Phi) is 5.23. The van der Waals surface area contributed by atoms with Crippen molar-refractivity contribution in [1.82, 2.24) is 5.32 Å². The molecule has 0 saturated heterocycles. The summed E-state index contributed by atoms with van der Waals surface area (Å²) in [7, 11) is 1.62. The van der Waals surface area contributed by atoms with Gasteiger partial charge in [0, 0.05) is 11.6 Å². The molecule has 130 valence electrons. The molecule has 0 fully saturated rings. The zero-order chi connectivity index (χ0) is 17.6. The largest absolute Gasteiger partial charge is 0.496 e. The number of hydrogen-bond acceptors (Lipinski definition) is 4. The molecule has 0 spiro atoms. The van der Waals surface area contributed by atoms with Gasteiger partial charge in [-0.1, -0.05) is 24.3 Å². The van der Waals surface area contributed by atoms with Crippen molar-refractivity contribution in [3.05, 3.63) is 59.7 Å². The van der Waals surface area contributed by atoms with Crippen molar-refractivity contribution < 1.29 is 19.0 Å². The van der Waals surface area contributed by atoms with E-state index in [2.05, 4.69) is 5.32 Å². The molecule has 1 N–H and O–H groups in total. The Balaban J connectivity index is 1.65. The SMILES string of the molecule is COc1ccccc1C(C)NC(=O)/C=C/c1ccc2c(c1)OCCO2. The van der Waals surface area contributed by atoms with Gasteiger partial charge in [0.1, 0.15) is 19.0 Å². The van der Waals surface area contributed by atoms with E-state index in [-0.39, 0.29) is 11.9 Å². The third kappa shape index (κ3) is 4.12. The number of rotatable bonds is 5. The highest BCUT2D eigenvalue weighted by atomic mass is 16.6. The highest BCUT2D eigenvalue weighted by molar-refractivity contribution is 5.92. The predicted octanol–water partition coefficient (Wildman–Crippen LogP) is 3.36. The van der Waals surface area contributed by atoms with Crippen LogP contribution < -0.4 is 19.5 Å². The van der Waals surface area contributed by atoms with Gasteiger partial charge in [0.25, 0.3) is 0 Å². The maximum absolute atomic E-state index is 12.2. The molecule has 25 heavy (non-hydrogen) atoms. The van der Waals surface area contributed by atoms with Gasteiger partial charge >= 0.3 is 0 Å². The van der Waals surface area contributed by atoms with Crippen LogP contribution in [0.3, 0.4) is 0 Å². The number of ether oxygens (including phenoxy) is 3. The Hall–Kier alpha value is -2.95. The van der Waals surface area contributed by atoms with Gasteiger partial charge in [-0.2, -0.15) is 0 Å². The van der Waals surface area contributed by atoms with Crippen LogP contribution in [0.4, 0.5) is 0 Å². The van der Waals surface area contributed by atoms with Gasteiger partial charge < -0.3 is 19.5 Å². The summed E-state index contributed by atoms with van der Waals surface area (Å²) < 4.78 is 16.4. The van der Waals surface area contributed by atoms with Crippen LogP contribution in [0.15, 0.2) is 48.5 Å². The average Bonchev–Trinajstić information content (AvgIpc) is 2.66. The fourth-order valence-electron chi connectivity index (χ4n) is 2.70. The van der Waals surface area contributed by atoms with Crippen molar-refractivity contribution in [2.24, 2.45) is 0 Å². The molecule has 1 amide bonds. The molecule has 1 atom stereocenters. The van der Waals surface area contributed by atoms with Gasteiger partial charge in [-0.05, 0) is 36.8 Å². The highest BCUT2D eigenvalue weighted by Gasteiger charge is 2.13. The van der Waals surface area contributed by atoms with Gasteiger partial charge in [0.05, 0.1) is 13.2 Å². The van der Waals surface area contributed by atoms with E-state index in [9.17, 15) is 4.79 Å². The molecule has 0 bridgehead atoms. The average molecular weight is 339 g/mol. The Morgan fingerprint density at radius 1 is 1.16 bits per heavy atom. The fourth-order valence-corrected chi connectivity index (χ4v) is 2.70. The second-order valence-electron chi connectivity index (χ2n) is 5.71. The Labute approximate surface area is 147 Å². The second kappa shape index (κ2) is 7.75. The van der Waals surface area contributed by atoms with Crippen LogP contribution in [0.5, 0.6) is 17.2 Å². The van der Waals surface area contributed by atoms with E-state index in [0.29, 0.717) is 19.0 Å². The van der Waals surface area contributed by atoms with Crippen molar-refractivity contribution in [2.75, 3.05) is 20.3 Å². The lowest BCUT2D eigenvalue weighted by atomic mass is 10.1. The van der Waals surface area contributed by atoms with Crippen molar-refractivity contribution in [1.29, 1.82) is 0 Å². The molecule has 1 aliphatic rings. The highest BCUT2D eigenvalue weighted by Crippen LogP contribution is 2.31. The number of nitrogens with one attached hydrogen (secondary N) is 1. The Morgan fingerprint density at radius 2 is 1.92 bits per heavy atom. The molecular formula is C20H21NO4. The van der Waals surface area contributed by atoms with Crippen LogP contribution in [0.2, 0.25) is 0 Å². The summed E-state index contributed by atoms with van der Waals surface area (Å²) in [6.45, 7) is 3.02. The Bertz CT molecular complexity index is 785. The summed E-state index contributed by atoms with van der Waals surface area (Å²) in [6.07, 6.45) is 3.26. The molecule has 3 rings (SSSR count). The van der Waals surface area contributed by atoms with Crippen LogP contribution in [-0.4, -0.2) is 26.2 Å². The third-order valence-electron chi connectivity index (χ3n) is 3.96. The van der Waals surface area contributed by atoms with Gasteiger partial charge in [-0.15, -0.1) is 0 Å². The minimum absolute atomic E-state index is 0.159. The number of amides is 1. The number of benzene rings is 2. The lowest BCUT2D eigenvalue weighted by Crippen LogP contribution is -2.24. The Morgan fingerprint density at radius 3 is 2.72 bits per heavy atom. The van der Waals surface area contributed by atoms with Crippen LogP contribution in [-0.2, 0) is 4.79 Å². The zero-order valence-electron chi connectivity index (χ0n) is 14.3. The third-order valence-corrected chi connectivity index (χ3v) is 3.96. The lowest BCUT2D eigenvalue weighted by Gasteiger charge is -2.18. The second-order valence-corrected chi connectivity index (χ2v) is 5.71. The maximum atomic E-state index is 12.2. The van der Waals surface area contributed by atoms with Crippen LogP contribution in [0.1, 0.15) is 24.1 Å². The molecule has 0 saturated carbocycles. The summed E-state index contributed by atoms with van der Waals surface area (Å²) in [5.74, 6) is 2.02. The maximum Gasteiger partial charge on any atom is 0.244 e. The summed E-state index contributed by atoms with van der Waals surface area (Å²) in [4.78, 5) is 12.2. The van der Waals surface area contributed by atoms with E-state index >= 15 is 0 Å². The molecule has 1 aliphatic heterocycles. The monoisotopic (exact) mass is 339 g/mol. The van der Waals surface area contributed by atoms with Crippen molar-refractivity contribution >= 4 is 12.0 Å². The normalized spacial score (nSPS) is 14.2. The van der Waals surface area contributed by atoms with Crippen molar-refractivity contribution in [3.63, 3.8) is 0 Å². The topological polar surface area (TPSA) is 56.8 Å². The molecule has 0 aliphatic carbocycles. The minimum Gasteiger partial charge on any atom is -0.496 e. The first-order valence-electron chi connectivity index (χ1n) is 8.18. The van der Waals surface area contributed by atoms with Gasteiger partial charge in [0.15, 0.2) is 11.5 Å². The summed E-state index contributed by atoms with van der Waals surface area (Å²) in [6, 6.07) is 13.1. The standard InChI is InChI=1S/C20H21NO4/c1-14(16-5-3-4-6-17(16)23-2)21-20(22)10-8-15-7-9-18-19(13-15)25-12-11-24-18/h3-10,13-14H,11-12H2,1-2H3,(H,21,22)/b10-8+. The van der Waals surface area contributed by atoms with E-state index in [0.717, 1.165) is 22.6 Å². The first-order valence-corrected chi connectivity index (χ1v) is 8.18. The number of fused-ring (bicyclic) bond motifs is 1. The molecule has 5 nitrogen and oxygen atoms in total. The fraction of sp³-hybridized carbons (Fsp3) is 0.250. The van der Waals surface area contributed by atoms with Gasteiger partial charge in [0.2, 0.25) is 5.91 Å². The van der Waals surface area contributed by atoms with Crippen LogP contribution in [0, 0.1) is 0 Å². The quantitative estimate of drug-likeness (QED) is 0.849. The number of hydrogen-bond donors (Lipinski definition) is 1. The molecule has 1 heterocycles. The van der Waals surface area contributed by atoms with Crippen LogP contribution >= 0.6 is 0 Å². The molecule has 0 aromatic heterocycles. The van der Waals surface area contributed by atoms with E-state index in [1.807, 2.05) is 49.4 Å². The molecule has 5 heteroatoms. The number of para-hydroxylation sites is 1. The minimum atomic E-state index is -0.173. The predicted molar refractivity (Wildman–Crippen MR) is 96.0 cm³/mol. The first-order chi connectivity index (χ1) is 12.2.